The molecule has 0 saturated carbocycles. The van der Waals surface area contributed by atoms with Crippen LogP contribution in [-0.2, 0) is 9.47 Å². The van der Waals surface area contributed by atoms with Gasteiger partial charge in [-0.1, -0.05) is 6.58 Å². The molecule has 0 aliphatic carbocycles. The lowest BCUT2D eigenvalue weighted by molar-refractivity contribution is -0.170. The lowest BCUT2D eigenvalue weighted by Crippen LogP contribution is -2.42. The number of hydrogen-bond acceptors (Lipinski definition) is 3. The minimum atomic E-state index is -0.792. The van der Waals surface area contributed by atoms with Crippen molar-refractivity contribution >= 4 is 0 Å². The molecule has 0 atom stereocenters. The summed E-state index contributed by atoms with van der Waals surface area (Å²) in [5, 5.41) is 0. The normalized spacial score (nSPS) is 11.6. The molecule has 0 radical (unpaired) electrons. The zero-order chi connectivity index (χ0) is 8.20. The van der Waals surface area contributed by atoms with E-state index in [2.05, 4.69) is 6.58 Å². The summed E-state index contributed by atoms with van der Waals surface area (Å²) in [5.41, 5.74) is 6.20. The molecule has 0 rings (SSSR count). The summed E-state index contributed by atoms with van der Waals surface area (Å²) in [6.45, 7) is 5.82. The third-order valence-corrected chi connectivity index (χ3v) is 1.58. The lowest BCUT2D eigenvalue weighted by Gasteiger charge is -2.29. The van der Waals surface area contributed by atoms with Crippen LogP contribution in [0.25, 0.3) is 0 Å². The molecular formula is C7H15NO2. The monoisotopic (exact) mass is 145 g/mol. The van der Waals surface area contributed by atoms with Crippen molar-refractivity contribution in [2.45, 2.75) is 12.7 Å². The molecule has 0 aliphatic heterocycles. The summed E-state index contributed by atoms with van der Waals surface area (Å²) in [7, 11) is 3.09. The number of methoxy groups -OCH3 is 2. The molecule has 0 saturated heterocycles. The van der Waals surface area contributed by atoms with Crippen LogP contribution in [0.4, 0.5) is 0 Å². The quantitative estimate of drug-likeness (QED) is 0.463. The van der Waals surface area contributed by atoms with Crippen LogP contribution in [0.5, 0.6) is 0 Å². The van der Waals surface area contributed by atoms with Crippen molar-refractivity contribution in [1.82, 2.24) is 0 Å². The second kappa shape index (κ2) is 3.71. The van der Waals surface area contributed by atoms with Crippen LogP contribution < -0.4 is 5.73 Å². The van der Waals surface area contributed by atoms with Crippen molar-refractivity contribution in [3.05, 3.63) is 12.2 Å². The summed E-state index contributed by atoms with van der Waals surface area (Å²) in [6, 6.07) is 0. The smallest absolute Gasteiger partial charge is 0.202 e. The van der Waals surface area contributed by atoms with E-state index in [1.807, 2.05) is 6.92 Å². The highest BCUT2D eigenvalue weighted by Gasteiger charge is 2.28. The topological polar surface area (TPSA) is 44.5 Å². The second-order valence-electron chi connectivity index (χ2n) is 2.15. The fourth-order valence-electron chi connectivity index (χ4n) is 0.773. The van der Waals surface area contributed by atoms with E-state index in [4.69, 9.17) is 15.2 Å². The molecule has 0 spiro atoms. The van der Waals surface area contributed by atoms with E-state index in [0.29, 0.717) is 0 Å². The molecule has 3 nitrogen and oxygen atoms in total. The van der Waals surface area contributed by atoms with E-state index >= 15 is 0 Å². The number of hydrogen-bond donors (Lipinski definition) is 1. The molecule has 3 heteroatoms. The third-order valence-electron chi connectivity index (χ3n) is 1.58. The Morgan fingerprint density at radius 3 is 1.90 bits per heavy atom. The van der Waals surface area contributed by atoms with Crippen LogP contribution in [0, 0.1) is 0 Å². The largest absolute Gasteiger partial charge is 0.348 e. The fourth-order valence-corrected chi connectivity index (χ4v) is 0.773. The van der Waals surface area contributed by atoms with E-state index < -0.39 is 5.79 Å². The van der Waals surface area contributed by atoms with Crippen molar-refractivity contribution in [2.24, 2.45) is 5.73 Å². The van der Waals surface area contributed by atoms with E-state index in [-0.39, 0.29) is 6.54 Å². The Balaban J connectivity index is 4.31. The number of ether oxygens (including phenoxy) is 2. The first-order valence-corrected chi connectivity index (χ1v) is 3.09. The zero-order valence-corrected chi connectivity index (χ0v) is 6.81. The number of rotatable bonds is 4. The average Bonchev–Trinajstić information content (AvgIpc) is 1.92. The standard InChI is InChI=1S/C7H15NO2/c1-6(2)7(5-8,9-3)10-4/h1,5,8H2,2-4H3. The molecule has 0 aromatic carbocycles. The predicted octanol–water partition coefficient (Wildman–Crippen LogP) is 0.510. The Bertz CT molecular complexity index is 111. The maximum Gasteiger partial charge on any atom is 0.202 e. The molecule has 0 bridgehead atoms. The lowest BCUT2D eigenvalue weighted by atomic mass is 10.1. The Morgan fingerprint density at radius 1 is 1.50 bits per heavy atom. The van der Waals surface area contributed by atoms with E-state index in [0.717, 1.165) is 5.57 Å². The van der Waals surface area contributed by atoms with Crippen LogP contribution in [0.2, 0.25) is 0 Å². The Hall–Kier alpha value is -0.380. The maximum atomic E-state index is 5.42. The van der Waals surface area contributed by atoms with Gasteiger partial charge in [0.05, 0.1) is 6.54 Å². The van der Waals surface area contributed by atoms with Gasteiger partial charge >= 0.3 is 0 Å². The van der Waals surface area contributed by atoms with Crippen molar-refractivity contribution < 1.29 is 9.47 Å². The molecule has 10 heavy (non-hydrogen) atoms. The second-order valence-corrected chi connectivity index (χ2v) is 2.15. The number of nitrogens with two attached hydrogens (primary N) is 1. The van der Waals surface area contributed by atoms with E-state index in [1.54, 1.807) is 14.2 Å². The molecule has 0 aliphatic rings. The highest BCUT2D eigenvalue weighted by Crippen LogP contribution is 2.17. The molecule has 0 aromatic rings. The van der Waals surface area contributed by atoms with Gasteiger partial charge < -0.3 is 15.2 Å². The SMILES string of the molecule is C=C(C)C(CN)(OC)OC. The minimum absolute atomic E-state index is 0.287. The fraction of sp³-hybridized carbons (Fsp3) is 0.714. The molecule has 0 heterocycles. The first-order chi connectivity index (χ1) is 4.63. The summed E-state index contributed by atoms with van der Waals surface area (Å²) >= 11 is 0. The summed E-state index contributed by atoms with van der Waals surface area (Å²) in [5.74, 6) is -0.792. The highest BCUT2D eigenvalue weighted by molar-refractivity contribution is 5.05. The van der Waals surface area contributed by atoms with Crippen LogP contribution in [0.15, 0.2) is 12.2 Å². The summed E-state index contributed by atoms with van der Waals surface area (Å²) < 4.78 is 10.1. The van der Waals surface area contributed by atoms with Crippen LogP contribution in [0.3, 0.4) is 0 Å². The first kappa shape index (κ1) is 9.62. The van der Waals surface area contributed by atoms with Gasteiger partial charge in [-0.25, -0.2) is 0 Å². The van der Waals surface area contributed by atoms with Gasteiger partial charge in [-0.15, -0.1) is 0 Å². The van der Waals surface area contributed by atoms with Crippen molar-refractivity contribution in [2.75, 3.05) is 20.8 Å². The Labute approximate surface area is 61.8 Å². The van der Waals surface area contributed by atoms with Crippen molar-refractivity contribution in [3.63, 3.8) is 0 Å². The summed E-state index contributed by atoms with van der Waals surface area (Å²) in [6.07, 6.45) is 0. The van der Waals surface area contributed by atoms with Gasteiger partial charge in [0.1, 0.15) is 0 Å². The molecular weight excluding hydrogens is 130 g/mol. The summed E-state index contributed by atoms with van der Waals surface area (Å²) in [4.78, 5) is 0. The highest BCUT2D eigenvalue weighted by atomic mass is 16.7. The average molecular weight is 145 g/mol. The van der Waals surface area contributed by atoms with Gasteiger partial charge in [0, 0.05) is 14.2 Å². The first-order valence-electron chi connectivity index (χ1n) is 3.09. The molecule has 0 aromatic heterocycles. The van der Waals surface area contributed by atoms with Crippen LogP contribution in [-0.4, -0.2) is 26.6 Å². The van der Waals surface area contributed by atoms with Crippen LogP contribution >= 0.6 is 0 Å². The maximum absolute atomic E-state index is 5.42. The van der Waals surface area contributed by atoms with Gasteiger partial charge in [0.25, 0.3) is 0 Å². The molecule has 0 unspecified atom stereocenters. The van der Waals surface area contributed by atoms with Gasteiger partial charge in [-0.2, -0.15) is 0 Å². The zero-order valence-electron chi connectivity index (χ0n) is 6.81. The van der Waals surface area contributed by atoms with Gasteiger partial charge in [0.2, 0.25) is 5.79 Å². The van der Waals surface area contributed by atoms with E-state index in [9.17, 15) is 0 Å². The van der Waals surface area contributed by atoms with E-state index in [1.165, 1.54) is 0 Å². The van der Waals surface area contributed by atoms with Crippen molar-refractivity contribution in [3.8, 4) is 0 Å². The third kappa shape index (κ3) is 1.56. The molecule has 0 fully saturated rings. The van der Waals surface area contributed by atoms with Gasteiger partial charge in [-0.05, 0) is 12.5 Å². The van der Waals surface area contributed by atoms with Gasteiger partial charge in [-0.3, -0.25) is 0 Å². The Kier molecular flexibility index (Phi) is 3.57. The molecule has 2 N–H and O–H groups in total. The van der Waals surface area contributed by atoms with Gasteiger partial charge in [0.15, 0.2) is 0 Å². The Morgan fingerprint density at radius 2 is 1.90 bits per heavy atom. The van der Waals surface area contributed by atoms with Crippen molar-refractivity contribution in [1.29, 1.82) is 0 Å². The molecule has 60 valence electrons. The molecule has 0 amide bonds. The minimum Gasteiger partial charge on any atom is -0.348 e. The van der Waals surface area contributed by atoms with Crippen LogP contribution in [0.1, 0.15) is 6.92 Å². The predicted molar refractivity (Wildman–Crippen MR) is 40.6 cm³/mol.